The number of aromatic nitrogens is 2. The second kappa shape index (κ2) is 6.68. The molecule has 0 aliphatic heterocycles. The van der Waals surface area contributed by atoms with Gasteiger partial charge in [0, 0.05) is 5.92 Å². The smallest absolute Gasteiger partial charge is 0.358 e. The van der Waals surface area contributed by atoms with E-state index in [2.05, 4.69) is 9.97 Å². The zero-order chi connectivity index (χ0) is 14.5. The molecule has 0 atom stereocenters. The van der Waals surface area contributed by atoms with Crippen LogP contribution in [0.25, 0.3) is 0 Å². The molecule has 1 aliphatic carbocycles. The summed E-state index contributed by atoms with van der Waals surface area (Å²) in [6.07, 6.45) is 7.59. The second-order valence-electron chi connectivity index (χ2n) is 5.72. The molecule has 0 bridgehead atoms. The van der Waals surface area contributed by atoms with Crippen molar-refractivity contribution in [1.82, 2.24) is 9.97 Å². The molecule has 1 aliphatic rings. The summed E-state index contributed by atoms with van der Waals surface area (Å²) in [6.45, 7) is 4.43. The van der Waals surface area contributed by atoms with Gasteiger partial charge in [-0.1, -0.05) is 33.1 Å². The van der Waals surface area contributed by atoms with Crippen LogP contribution in [0.3, 0.4) is 0 Å². The van der Waals surface area contributed by atoms with E-state index in [9.17, 15) is 9.90 Å². The third-order valence-electron chi connectivity index (χ3n) is 3.69. The molecule has 5 nitrogen and oxygen atoms in total. The maximum absolute atomic E-state index is 11.3. The molecule has 1 N–H and O–H groups in total. The molecular formula is C15H22N2O3. The van der Waals surface area contributed by atoms with Gasteiger partial charge in [-0.15, -0.1) is 0 Å². The minimum Gasteiger partial charge on any atom is -0.489 e. The van der Waals surface area contributed by atoms with Gasteiger partial charge in [-0.2, -0.15) is 0 Å². The van der Waals surface area contributed by atoms with E-state index < -0.39 is 5.97 Å². The first kappa shape index (κ1) is 14.8. The number of nitrogens with zero attached hydrogens (tertiary/aromatic N) is 2. The van der Waals surface area contributed by atoms with Crippen LogP contribution in [0.2, 0.25) is 0 Å². The van der Waals surface area contributed by atoms with Crippen LogP contribution < -0.4 is 4.74 Å². The van der Waals surface area contributed by atoms with Crippen molar-refractivity contribution in [3.8, 4) is 5.75 Å². The standard InChI is InChI=1S/C15H22N2O3/c1-10(2)14-16-8-12(13(17-14)15(18)19)20-9-11-6-4-3-5-7-11/h8,10-11H,3-7,9H2,1-2H3,(H,18,19). The van der Waals surface area contributed by atoms with Gasteiger partial charge in [-0.05, 0) is 18.8 Å². The molecule has 0 radical (unpaired) electrons. The number of ether oxygens (including phenoxy) is 1. The predicted octanol–water partition coefficient (Wildman–Crippen LogP) is 3.26. The van der Waals surface area contributed by atoms with Crippen molar-refractivity contribution in [1.29, 1.82) is 0 Å². The summed E-state index contributed by atoms with van der Waals surface area (Å²) in [5, 5.41) is 9.24. The van der Waals surface area contributed by atoms with E-state index in [-0.39, 0.29) is 17.4 Å². The molecule has 1 aromatic heterocycles. The van der Waals surface area contributed by atoms with Crippen LogP contribution >= 0.6 is 0 Å². The number of hydrogen-bond acceptors (Lipinski definition) is 4. The molecule has 1 aromatic rings. The van der Waals surface area contributed by atoms with Gasteiger partial charge in [0.15, 0.2) is 11.4 Å². The van der Waals surface area contributed by atoms with Gasteiger partial charge < -0.3 is 9.84 Å². The topological polar surface area (TPSA) is 72.3 Å². The Labute approximate surface area is 119 Å². The minimum absolute atomic E-state index is 0.0282. The van der Waals surface area contributed by atoms with Crippen LogP contribution in [-0.4, -0.2) is 27.7 Å². The summed E-state index contributed by atoms with van der Waals surface area (Å²) in [5.41, 5.74) is -0.0282. The van der Waals surface area contributed by atoms with Gasteiger partial charge in [0.05, 0.1) is 12.8 Å². The fourth-order valence-corrected chi connectivity index (χ4v) is 2.48. The van der Waals surface area contributed by atoms with Crippen LogP contribution in [0, 0.1) is 5.92 Å². The SMILES string of the molecule is CC(C)c1ncc(OCC2CCCCC2)c(C(=O)O)n1. The Bertz CT molecular complexity index is 468. The zero-order valence-corrected chi connectivity index (χ0v) is 12.1. The lowest BCUT2D eigenvalue weighted by Crippen LogP contribution is -2.17. The van der Waals surface area contributed by atoms with Crippen LogP contribution in [0.1, 0.15) is 68.2 Å². The predicted molar refractivity (Wildman–Crippen MR) is 75.2 cm³/mol. The summed E-state index contributed by atoms with van der Waals surface area (Å²) in [4.78, 5) is 19.6. The van der Waals surface area contributed by atoms with Gasteiger partial charge in [0.1, 0.15) is 5.82 Å². The Balaban J connectivity index is 2.07. The van der Waals surface area contributed by atoms with Gasteiger partial charge >= 0.3 is 5.97 Å². The van der Waals surface area contributed by atoms with Gasteiger partial charge in [0.2, 0.25) is 0 Å². The fraction of sp³-hybridized carbons (Fsp3) is 0.667. The van der Waals surface area contributed by atoms with Crippen LogP contribution in [0.5, 0.6) is 5.75 Å². The Morgan fingerprint density at radius 1 is 1.40 bits per heavy atom. The summed E-state index contributed by atoms with van der Waals surface area (Å²) in [5.74, 6) is 0.378. The van der Waals surface area contributed by atoms with E-state index in [0.29, 0.717) is 18.3 Å². The molecule has 0 amide bonds. The van der Waals surface area contributed by atoms with E-state index in [1.165, 1.54) is 25.5 Å². The maximum Gasteiger partial charge on any atom is 0.358 e. The highest BCUT2D eigenvalue weighted by Gasteiger charge is 2.19. The summed E-state index contributed by atoms with van der Waals surface area (Å²) >= 11 is 0. The first-order valence-corrected chi connectivity index (χ1v) is 7.31. The largest absolute Gasteiger partial charge is 0.489 e. The van der Waals surface area contributed by atoms with E-state index in [4.69, 9.17) is 4.74 Å². The van der Waals surface area contributed by atoms with Gasteiger partial charge in [-0.25, -0.2) is 14.8 Å². The van der Waals surface area contributed by atoms with E-state index in [0.717, 1.165) is 12.8 Å². The van der Waals surface area contributed by atoms with E-state index in [1.54, 1.807) is 0 Å². The number of carbonyl (C=O) groups is 1. The highest BCUT2D eigenvalue weighted by atomic mass is 16.5. The Morgan fingerprint density at radius 3 is 2.70 bits per heavy atom. The van der Waals surface area contributed by atoms with Crippen molar-refractivity contribution in [3.05, 3.63) is 17.7 Å². The van der Waals surface area contributed by atoms with Crippen molar-refractivity contribution in [2.24, 2.45) is 5.92 Å². The quantitative estimate of drug-likeness (QED) is 0.895. The molecule has 0 unspecified atom stereocenters. The third kappa shape index (κ3) is 3.68. The molecule has 0 saturated heterocycles. The van der Waals surface area contributed by atoms with Crippen molar-refractivity contribution in [3.63, 3.8) is 0 Å². The Kier molecular flexibility index (Phi) is 4.93. The molecule has 1 saturated carbocycles. The van der Waals surface area contributed by atoms with Gasteiger partial charge in [-0.3, -0.25) is 0 Å². The Hall–Kier alpha value is -1.65. The highest BCUT2D eigenvalue weighted by molar-refractivity contribution is 5.88. The van der Waals surface area contributed by atoms with E-state index >= 15 is 0 Å². The summed E-state index contributed by atoms with van der Waals surface area (Å²) in [6, 6.07) is 0. The zero-order valence-electron chi connectivity index (χ0n) is 12.1. The van der Waals surface area contributed by atoms with Crippen LogP contribution in [0.15, 0.2) is 6.20 Å². The summed E-state index contributed by atoms with van der Waals surface area (Å²) in [7, 11) is 0. The lowest BCUT2D eigenvalue weighted by molar-refractivity contribution is 0.0682. The van der Waals surface area contributed by atoms with Crippen molar-refractivity contribution < 1.29 is 14.6 Å². The molecule has 1 heterocycles. The molecule has 1 fully saturated rings. The second-order valence-corrected chi connectivity index (χ2v) is 5.72. The number of rotatable bonds is 5. The number of carboxylic acids is 1. The molecule has 0 aromatic carbocycles. The first-order valence-electron chi connectivity index (χ1n) is 7.31. The van der Waals surface area contributed by atoms with Crippen molar-refractivity contribution >= 4 is 5.97 Å². The number of hydrogen-bond donors (Lipinski definition) is 1. The number of carboxylic acid groups (broad SMARTS) is 1. The lowest BCUT2D eigenvalue weighted by atomic mass is 9.90. The highest BCUT2D eigenvalue weighted by Crippen LogP contribution is 2.25. The van der Waals surface area contributed by atoms with E-state index in [1.807, 2.05) is 13.8 Å². The molecule has 0 spiro atoms. The molecular weight excluding hydrogens is 256 g/mol. The monoisotopic (exact) mass is 278 g/mol. The van der Waals surface area contributed by atoms with Crippen LogP contribution in [-0.2, 0) is 0 Å². The van der Waals surface area contributed by atoms with Gasteiger partial charge in [0.25, 0.3) is 0 Å². The van der Waals surface area contributed by atoms with Crippen molar-refractivity contribution in [2.45, 2.75) is 51.9 Å². The van der Waals surface area contributed by atoms with Crippen LogP contribution in [0.4, 0.5) is 0 Å². The fourth-order valence-electron chi connectivity index (χ4n) is 2.48. The molecule has 5 heteroatoms. The van der Waals surface area contributed by atoms with Crippen molar-refractivity contribution in [2.75, 3.05) is 6.61 Å². The Morgan fingerprint density at radius 2 is 2.10 bits per heavy atom. The molecule has 2 rings (SSSR count). The normalized spacial score (nSPS) is 16.4. The summed E-state index contributed by atoms with van der Waals surface area (Å²) < 4.78 is 5.67. The average molecular weight is 278 g/mol. The minimum atomic E-state index is -1.06. The molecule has 20 heavy (non-hydrogen) atoms. The average Bonchev–Trinajstić information content (AvgIpc) is 2.45. The molecule has 110 valence electrons. The first-order chi connectivity index (χ1) is 9.58. The maximum atomic E-state index is 11.3. The lowest BCUT2D eigenvalue weighted by Gasteiger charge is -2.21. The number of aromatic carboxylic acids is 1. The third-order valence-corrected chi connectivity index (χ3v) is 3.69.